The Labute approximate surface area is 161 Å². The van der Waals surface area contributed by atoms with Crippen molar-refractivity contribution in [2.45, 2.75) is 26.3 Å². The van der Waals surface area contributed by atoms with Crippen molar-refractivity contribution in [3.05, 3.63) is 69.9 Å². The van der Waals surface area contributed by atoms with Crippen LogP contribution in [0.5, 0.6) is 0 Å². The minimum Gasteiger partial charge on any atom is -0.454 e. The molecule has 28 heavy (non-hydrogen) atoms. The van der Waals surface area contributed by atoms with E-state index >= 15 is 0 Å². The van der Waals surface area contributed by atoms with E-state index in [1.54, 1.807) is 25.1 Å². The zero-order chi connectivity index (χ0) is 20.4. The summed E-state index contributed by atoms with van der Waals surface area (Å²) in [6, 6.07) is 8.39. The third-order valence-corrected chi connectivity index (χ3v) is 4.39. The molecule has 0 aliphatic heterocycles. The van der Waals surface area contributed by atoms with Gasteiger partial charge in [-0.15, -0.1) is 0 Å². The molecular formula is C18H14ClF4N3O2. The summed E-state index contributed by atoms with van der Waals surface area (Å²) in [7, 11) is 0. The number of benzene rings is 1. The number of halogens is 5. The Balaban J connectivity index is 1.77. The number of carbonyl (C=O) groups is 1. The summed E-state index contributed by atoms with van der Waals surface area (Å²) in [6.07, 6.45) is -5.96. The van der Waals surface area contributed by atoms with Crippen molar-refractivity contribution in [3.63, 3.8) is 0 Å². The van der Waals surface area contributed by atoms with Crippen molar-refractivity contribution in [2.24, 2.45) is 0 Å². The van der Waals surface area contributed by atoms with Crippen LogP contribution >= 0.6 is 11.6 Å². The minimum absolute atomic E-state index is 0.0748. The van der Waals surface area contributed by atoms with E-state index in [0.29, 0.717) is 22.3 Å². The third-order valence-electron chi connectivity index (χ3n) is 3.98. The molecule has 0 atom stereocenters. The van der Waals surface area contributed by atoms with E-state index < -0.39 is 30.1 Å². The first-order chi connectivity index (χ1) is 13.3. The highest BCUT2D eigenvalue weighted by atomic mass is 35.5. The van der Waals surface area contributed by atoms with Gasteiger partial charge in [-0.25, -0.2) is 17.6 Å². The van der Waals surface area contributed by atoms with Crippen LogP contribution in [0.15, 0.2) is 40.8 Å². The SMILES string of the molecule is Cc1c(Cl)cccc1NC(=O)c1ccc(Cn2nc(C(F)F)cc2C(F)F)o1. The van der Waals surface area contributed by atoms with Gasteiger partial charge in [0.15, 0.2) is 5.76 Å². The fourth-order valence-corrected chi connectivity index (χ4v) is 2.69. The Kier molecular flexibility index (Phi) is 5.73. The molecular weight excluding hydrogens is 402 g/mol. The molecule has 1 aromatic carbocycles. The van der Waals surface area contributed by atoms with Crippen LogP contribution in [0.25, 0.3) is 0 Å². The smallest absolute Gasteiger partial charge is 0.291 e. The molecule has 0 fully saturated rings. The highest BCUT2D eigenvalue weighted by Gasteiger charge is 2.22. The quantitative estimate of drug-likeness (QED) is 0.532. The van der Waals surface area contributed by atoms with Gasteiger partial charge in [-0.05, 0) is 42.8 Å². The van der Waals surface area contributed by atoms with E-state index in [0.717, 1.165) is 4.68 Å². The molecule has 3 aromatic rings. The molecule has 148 valence electrons. The van der Waals surface area contributed by atoms with Gasteiger partial charge in [0.25, 0.3) is 18.8 Å². The fraction of sp³-hybridized carbons (Fsp3) is 0.222. The van der Waals surface area contributed by atoms with Gasteiger partial charge in [0.2, 0.25) is 0 Å². The number of rotatable bonds is 6. The highest BCUT2D eigenvalue weighted by Crippen LogP contribution is 2.26. The largest absolute Gasteiger partial charge is 0.454 e. The number of hydrogen-bond acceptors (Lipinski definition) is 3. The molecule has 0 spiro atoms. The van der Waals surface area contributed by atoms with Crippen LogP contribution in [-0.4, -0.2) is 15.7 Å². The first-order valence-corrected chi connectivity index (χ1v) is 8.43. The van der Waals surface area contributed by atoms with Crippen LogP contribution in [0.2, 0.25) is 5.02 Å². The summed E-state index contributed by atoms with van der Waals surface area (Å²) >= 11 is 6.00. The van der Waals surface area contributed by atoms with E-state index in [1.807, 2.05) is 0 Å². The third kappa shape index (κ3) is 4.19. The van der Waals surface area contributed by atoms with Gasteiger partial charge in [0.05, 0.1) is 6.54 Å². The lowest BCUT2D eigenvalue weighted by molar-refractivity contribution is 0.0994. The molecule has 2 heterocycles. The summed E-state index contributed by atoms with van der Waals surface area (Å²) in [5.74, 6) is -0.535. The van der Waals surface area contributed by atoms with E-state index in [9.17, 15) is 22.4 Å². The van der Waals surface area contributed by atoms with Crippen LogP contribution in [0, 0.1) is 6.92 Å². The molecule has 1 amide bonds. The summed E-state index contributed by atoms with van der Waals surface area (Å²) in [5.41, 5.74) is -0.255. The lowest BCUT2D eigenvalue weighted by Gasteiger charge is -2.08. The molecule has 5 nitrogen and oxygen atoms in total. The van der Waals surface area contributed by atoms with Gasteiger partial charge in [0.1, 0.15) is 17.1 Å². The normalized spacial score (nSPS) is 11.4. The first-order valence-electron chi connectivity index (χ1n) is 8.05. The fourth-order valence-electron chi connectivity index (χ4n) is 2.52. The maximum Gasteiger partial charge on any atom is 0.291 e. The van der Waals surface area contributed by atoms with Gasteiger partial charge in [-0.2, -0.15) is 5.10 Å². The second-order valence-electron chi connectivity index (χ2n) is 5.89. The molecule has 0 unspecified atom stereocenters. The molecule has 0 radical (unpaired) electrons. The van der Waals surface area contributed by atoms with E-state index in [2.05, 4.69) is 10.4 Å². The van der Waals surface area contributed by atoms with Crippen molar-refractivity contribution < 1.29 is 26.8 Å². The number of aromatic nitrogens is 2. The molecule has 1 N–H and O–H groups in total. The number of hydrogen-bond donors (Lipinski definition) is 1. The van der Waals surface area contributed by atoms with Crippen LogP contribution < -0.4 is 5.32 Å². The lowest BCUT2D eigenvalue weighted by atomic mass is 10.2. The molecule has 10 heteroatoms. The Morgan fingerprint density at radius 3 is 2.64 bits per heavy atom. The number of anilines is 1. The molecule has 0 saturated heterocycles. The molecule has 3 rings (SSSR count). The number of nitrogens with zero attached hydrogens (tertiary/aromatic N) is 2. The lowest BCUT2D eigenvalue weighted by Crippen LogP contribution is -2.12. The molecule has 0 bridgehead atoms. The molecule has 2 aromatic heterocycles. The Hall–Kier alpha value is -2.81. The second kappa shape index (κ2) is 8.05. The maximum atomic E-state index is 13.0. The highest BCUT2D eigenvalue weighted by molar-refractivity contribution is 6.31. The van der Waals surface area contributed by atoms with Crippen molar-refractivity contribution in [2.75, 3.05) is 5.32 Å². The Bertz CT molecular complexity index is 1000. The summed E-state index contributed by atoms with van der Waals surface area (Å²) in [4.78, 5) is 12.3. The van der Waals surface area contributed by atoms with Crippen molar-refractivity contribution in [1.82, 2.24) is 9.78 Å². The molecule has 0 aliphatic rings. The van der Waals surface area contributed by atoms with E-state index in [1.165, 1.54) is 12.1 Å². The monoisotopic (exact) mass is 415 g/mol. The summed E-state index contributed by atoms with van der Waals surface area (Å²) in [5, 5.41) is 6.59. The van der Waals surface area contributed by atoms with Crippen molar-refractivity contribution >= 4 is 23.2 Å². The average molecular weight is 416 g/mol. The van der Waals surface area contributed by atoms with Gasteiger partial charge in [-0.1, -0.05) is 17.7 Å². The number of amides is 1. The van der Waals surface area contributed by atoms with Gasteiger partial charge >= 0.3 is 0 Å². The minimum atomic E-state index is -2.98. The zero-order valence-electron chi connectivity index (χ0n) is 14.4. The summed E-state index contributed by atoms with van der Waals surface area (Å²) < 4.78 is 57.6. The van der Waals surface area contributed by atoms with Crippen LogP contribution in [0.4, 0.5) is 23.2 Å². The number of furan rings is 1. The maximum absolute atomic E-state index is 13.0. The standard InChI is InChI=1S/C18H14ClF4N3O2/c1-9-11(19)3-2-4-12(9)24-18(27)15-6-5-10(28-15)8-26-14(17(22)23)7-13(25-26)16(20)21/h2-7,16-17H,8H2,1H3,(H,24,27). The topological polar surface area (TPSA) is 60.1 Å². The zero-order valence-corrected chi connectivity index (χ0v) is 15.2. The van der Waals surface area contributed by atoms with E-state index in [-0.39, 0.29) is 18.1 Å². The number of nitrogens with one attached hydrogen (secondary N) is 1. The van der Waals surface area contributed by atoms with Crippen LogP contribution in [-0.2, 0) is 6.54 Å². The first kappa shape index (κ1) is 19.9. The van der Waals surface area contributed by atoms with E-state index in [4.69, 9.17) is 16.0 Å². The van der Waals surface area contributed by atoms with Crippen molar-refractivity contribution in [1.29, 1.82) is 0 Å². The average Bonchev–Trinajstić information content (AvgIpc) is 3.26. The molecule has 0 saturated carbocycles. The van der Waals surface area contributed by atoms with Gasteiger partial charge in [0, 0.05) is 10.7 Å². The van der Waals surface area contributed by atoms with Crippen LogP contribution in [0.3, 0.4) is 0 Å². The Morgan fingerprint density at radius 1 is 1.21 bits per heavy atom. The van der Waals surface area contributed by atoms with Gasteiger partial charge < -0.3 is 9.73 Å². The Morgan fingerprint density at radius 2 is 1.96 bits per heavy atom. The second-order valence-corrected chi connectivity index (χ2v) is 6.29. The number of carbonyl (C=O) groups excluding carboxylic acids is 1. The van der Waals surface area contributed by atoms with Gasteiger partial charge in [-0.3, -0.25) is 9.48 Å². The number of alkyl halides is 4. The summed E-state index contributed by atoms with van der Waals surface area (Å²) in [6.45, 7) is 1.41. The van der Waals surface area contributed by atoms with Crippen LogP contribution in [0.1, 0.15) is 46.1 Å². The predicted molar refractivity (Wildman–Crippen MR) is 94.1 cm³/mol. The van der Waals surface area contributed by atoms with Crippen molar-refractivity contribution in [3.8, 4) is 0 Å². The molecule has 0 aliphatic carbocycles. The predicted octanol–water partition coefficient (Wildman–Crippen LogP) is 5.61.